The van der Waals surface area contributed by atoms with Crippen LogP contribution in [-0.4, -0.2) is 17.6 Å². The molecule has 0 saturated carbocycles. The van der Waals surface area contributed by atoms with E-state index in [0.717, 1.165) is 24.1 Å². The lowest BCUT2D eigenvalue weighted by Gasteiger charge is -2.14. The molecule has 0 aliphatic rings. The van der Waals surface area contributed by atoms with E-state index in [-0.39, 0.29) is 11.9 Å². The Morgan fingerprint density at radius 3 is 2.89 bits per heavy atom. The topological polar surface area (TPSA) is 39.2 Å². The highest BCUT2D eigenvalue weighted by molar-refractivity contribution is 5.82. The van der Waals surface area contributed by atoms with Gasteiger partial charge in [0, 0.05) is 23.9 Å². The zero-order chi connectivity index (χ0) is 14.1. The lowest BCUT2D eigenvalue weighted by atomic mass is 9.93. The number of hydrogen-bond donors (Lipinski definition) is 0. The number of carbonyl (C=O) groups is 1. The van der Waals surface area contributed by atoms with Crippen LogP contribution in [0.2, 0.25) is 0 Å². The minimum atomic E-state index is -0.279. The number of ether oxygens (including phenoxy) is 1. The van der Waals surface area contributed by atoms with Crippen molar-refractivity contribution in [3.63, 3.8) is 0 Å². The number of carbonyl (C=O) groups excluding carboxylic acids is 1. The van der Waals surface area contributed by atoms with E-state index < -0.39 is 0 Å². The van der Waals surface area contributed by atoms with E-state index in [9.17, 15) is 4.79 Å². The Hall–Kier alpha value is -1.90. The molecular formula is C16H21NO2. The summed E-state index contributed by atoms with van der Waals surface area (Å²) in [5.41, 5.74) is 2.02. The second-order valence-corrected chi connectivity index (χ2v) is 4.42. The Morgan fingerprint density at radius 2 is 2.32 bits per heavy atom. The molecule has 3 heteroatoms. The number of rotatable bonds is 7. The van der Waals surface area contributed by atoms with Gasteiger partial charge in [0.1, 0.15) is 0 Å². The highest BCUT2D eigenvalue weighted by Gasteiger charge is 2.12. The van der Waals surface area contributed by atoms with Crippen LogP contribution in [0.5, 0.6) is 0 Å². The molecule has 19 heavy (non-hydrogen) atoms. The number of esters is 1. The van der Waals surface area contributed by atoms with Crippen LogP contribution in [0.15, 0.2) is 48.7 Å². The SMILES string of the molecule is C=CCC(C/C(C)=C/C(=O)OCC)c1ccccn1. The van der Waals surface area contributed by atoms with Gasteiger partial charge in [0.2, 0.25) is 0 Å². The van der Waals surface area contributed by atoms with Crippen molar-refractivity contribution in [1.29, 1.82) is 0 Å². The maximum absolute atomic E-state index is 11.4. The van der Waals surface area contributed by atoms with E-state index in [4.69, 9.17) is 4.74 Å². The fourth-order valence-corrected chi connectivity index (χ4v) is 1.96. The van der Waals surface area contributed by atoms with Crippen molar-refractivity contribution in [2.45, 2.75) is 32.6 Å². The molecule has 102 valence electrons. The molecule has 0 bridgehead atoms. The van der Waals surface area contributed by atoms with Crippen molar-refractivity contribution in [2.24, 2.45) is 0 Å². The third-order valence-electron chi connectivity index (χ3n) is 2.78. The van der Waals surface area contributed by atoms with Gasteiger partial charge in [-0.3, -0.25) is 4.98 Å². The fourth-order valence-electron chi connectivity index (χ4n) is 1.96. The van der Waals surface area contributed by atoms with Crippen LogP contribution < -0.4 is 0 Å². The van der Waals surface area contributed by atoms with Crippen molar-refractivity contribution in [1.82, 2.24) is 4.98 Å². The van der Waals surface area contributed by atoms with E-state index in [0.29, 0.717) is 6.61 Å². The molecule has 0 spiro atoms. The molecule has 1 aromatic rings. The molecule has 0 aliphatic carbocycles. The van der Waals surface area contributed by atoms with Gasteiger partial charge in [-0.2, -0.15) is 0 Å². The number of aromatic nitrogens is 1. The van der Waals surface area contributed by atoms with E-state index in [1.54, 1.807) is 19.2 Å². The number of pyridine rings is 1. The third kappa shape index (κ3) is 5.51. The Labute approximate surface area is 115 Å². The van der Waals surface area contributed by atoms with Crippen LogP contribution in [0, 0.1) is 0 Å². The van der Waals surface area contributed by atoms with Gasteiger partial charge in [-0.05, 0) is 38.8 Å². The first-order chi connectivity index (χ1) is 9.17. The number of allylic oxidation sites excluding steroid dienone is 2. The van der Waals surface area contributed by atoms with E-state index in [1.165, 1.54) is 0 Å². The number of nitrogens with zero attached hydrogens (tertiary/aromatic N) is 1. The van der Waals surface area contributed by atoms with Crippen LogP contribution in [0.3, 0.4) is 0 Å². The van der Waals surface area contributed by atoms with E-state index in [2.05, 4.69) is 11.6 Å². The maximum Gasteiger partial charge on any atom is 0.330 e. The fraction of sp³-hybridized carbons (Fsp3) is 0.375. The monoisotopic (exact) mass is 259 g/mol. The predicted molar refractivity (Wildman–Crippen MR) is 76.8 cm³/mol. The molecule has 1 heterocycles. The Morgan fingerprint density at radius 1 is 1.53 bits per heavy atom. The smallest absolute Gasteiger partial charge is 0.330 e. The van der Waals surface area contributed by atoms with Gasteiger partial charge < -0.3 is 4.74 Å². The van der Waals surface area contributed by atoms with Gasteiger partial charge in [-0.25, -0.2) is 4.79 Å². The van der Waals surface area contributed by atoms with Crippen molar-refractivity contribution in [2.75, 3.05) is 6.61 Å². The lowest BCUT2D eigenvalue weighted by molar-refractivity contribution is -0.137. The zero-order valence-corrected chi connectivity index (χ0v) is 11.6. The molecule has 0 saturated heterocycles. The summed E-state index contributed by atoms with van der Waals surface area (Å²) in [5, 5.41) is 0. The first-order valence-electron chi connectivity index (χ1n) is 6.53. The van der Waals surface area contributed by atoms with Crippen LogP contribution in [-0.2, 0) is 9.53 Å². The molecule has 0 aliphatic heterocycles. The van der Waals surface area contributed by atoms with Gasteiger partial charge in [-0.1, -0.05) is 17.7 Å². The summed E-state index contributed by atoms with van der Waals surface area (Å²) in [6.07, 6.45) is 6.85. The molecule has 0 aromatic carbocycles. The van der Waals surface area contributed by atoms with Crippen LogP contribution in [0.4, 0.5) is 0 Å². The number of hydrogen-bond acceptors (Lipinski definition) is 3. The summed E-state index contributed by atoms with van der Waals surface area (Å²) in [4.78, 5) is 15.8. The second kappa shape index (κ2) is 8.25. The normalized spacial score (nSPS) is 12.8. The van der Waals surface area contributed by atoms with Crippen LogP contribution >= 0.6 is 0 Å². The first kappa shape index (κ1) is 15.2. The van der Waals surface area contributed by atoms with Gasteiger partial charge in [0.15, 0.2) is 0 Å². The summed E-state index contributed by atoms with van der Waals surface area (Å²) >= 11 is 0. The Balaban J connectivity index is 2.74. The van der Waals surface area contributed by atoms with Crippen molar-refractivity contribution in [3.8, 4) is 0 Å². The van der Waals surface area contributed by atoms with E-state index >= 15 is 0 Å². The summed E-state index contributed by atoms with van der Waals surface area (Å²) < 4.78 is 4.91. The second-order valence-electron chi connectivity index (χ2n) is 4.42. The molecule has 0 radical (unpaired) electrons. The summed E-state index contributed by atoms with van der Waals surface area (Å²) in [6, 6.07) is 5.88. The quantitative estimate of drug-likeness (QED) is 0.426. The molecule has 1 rings (SSSR count). The van der Waals surface area contributed by atoms with Crippen molar-refractivity contribution >= 4 is 5.97 Å². The molecule has 1 atom stereocenters. The summed E-state index contributed by atoms with van der Waals surface area (Å²) in [5.74, 6) is -0.0252. The highest BCUT2D eigenvalue weighted by atomic mass is 16.5. The molecule has 3 nitrogen and oxygen atoms in total. The van der Waals surface area contributed by atoms with Gasteiger partial charge in [-0.15, -0.1) is 6.58 Å². The van der Waals surface area contributed by atoms with Crippen LogP contribution in [0.25, 0.3) is 0 Å². The average Bonchev–Trinajstić information content (AvgIpc) is 2.39. The predicted octanol–water partition coefficient (Wildman–Crippen LogP) is 3.64. The third-order valence-corrected chi connectivity index (χ3v) is 2.78. The minimum Gasteiger partial charge on any atom is -0.463 e. The maximum atomic E-state index is 11.4. The van der Waals surface area contributed by atoms with Crippen molar-refractivity contribution < 1.29 is 9.53 Å². The molecule has 0 fully saturated rings. The summed E-state index contributed by atoms with van der Waals surface area (Å²) in [7, 11) is 0. The molecule has 1 aromatic heterocycles. The Kier molecular flexibility index (Phi) is 6.58. The molecule has 0 amide bonds. The van der Waals surface area contributed by atoms with Gasteiger partial charge in [0.25, 0.3) is 0 Å². The largest absolute Gasteiger partial charge is 0.463 e. The summed E-state index contributed by atoms with van der Waals surface area (Å²) in [6.45, 7) is 7.93. The van der Waals surface area contributed by atoms with Gasteiger partial charge in [0.05, 0.1) is 6.61 Å². The van der Waals surface area contributed by atoms with Crippen LogP contribution in [0.1, 0.15) is 38.3 Å². The zero-order valence-electron chi connectivity index (χ0n) is 11.6. The van der Waals surface area contributed by atoms with E-state index in [1.807, 2.05) is 31.2 Å². The van der Waals surface area contributed by atoms with Gasteiger partial charge >= 0.3 is 5.97 Å². The highest BCUT2D eigenvalue weighted by Crippen LogP contribution is 2.25. The lowest BCUT2D eigenvalue weighted by Crippen LogP contribution is -2.04. The molecular weight excluding hydrogens is 238 g/mol. The Bertz CT molecular complexity index is 437. The molecule has 1 unspecified atom stereocenters. The minimum absolute atomic E-state index is 0.254. The molecule has 0 N–H and O–H groups in total. The van der Waals surface area contributed by atoms with Crippen molar-refractivity contribution in [3.05, 3.63) is 54.4 Å². The standard InChI is InChI=1S/C16H21NO2/c1-4-8-14(15-9-6-7-10-17-15)11-13(3)12-16(18)19-5-2/h4,6-7,9-10,12,14H,1,5,8,11H2,2-3H3/b13-12+. The average molecular weight is 259 g/mol. The first-order valence-corrected chi connectivity index (χ1v) is 6.53.